The van der Waals surface area contributed by atoms with Crippen molar-refractivity contribution in [2.24, 2.45) is 0 Å². The van der Waals surface area contributed by atoms with Crippen molar-refractivity contribution in [2.45, 2.75) is 185 Å². The quantitative estimate of drug-likeness (QED) is 0.111. The number of halogens is 3. The van der Waals surface area contributed by atoms with Crippen LogP contribution in [0.3, 0.4) is 0 Å². The zero-order valence-corrected chi connectivity index (χ0v) is 60.3. The van der Waals surface area contributed by atoms with E-state index in [1.54, 1.807) is 33.7 Å². The molecule has 0 bridgehead atoms. The Morgan fingerprint density at radius 1 is 0.490 bits per heavy atom. The number of rotatable bonds is 12. The minimum atomic E-state index is -4.45. The Morgan fingerprint density at radius 2 is 0.900 bits per heavy atom. The zero-order chi connectivity index (χ0) is 70.2. The zero-order valence-electron chi connectivity index (χ0n) is 57.9. The van der Waals surface area contributed by atoms with Crippen LogP contribution >= 0.6 is 0 Å². The highest BCUT2D eigenvalue weighted by atomic mass is 32.2. The van der Waals surface area contributed by atoms with Crippen molar-refractivity contribution in [2.75, 3.05) is 79.3 Å². The smallest absolute Gasteiger partial charge is 0.422 e. The van der Waals surface area contributed by atoms with Crippen LogP contribution in [0.2, 0.25) is 0 Å². The van der Waals surface area contributed by atoms with E-state index in [1.165, 1.54) is 86.5 Å². The van der Waals surface area contributed by atoms with Gasteiger partial charge in [0.15, 0.2) is 6.61 Å². The molecule has 4 aliphatic carbocycles. The molecule has 10 aliphatic rings. The lowest BCUT2D eigenvalue weighted by Gasteiger charge is -2.39. The predicted octanol–water partition coefficient (Wildman–Crippen LogP) is 9.80. The largest absolute Gasteiger partial charge is 0.468 e. The van der Waals surface area contributed by atoms with Crippen molar-refractivity contribution < 1.29 is 43.2 Å². The molecular weight excluding hydrogens is 1340 g/mol. The molecule has 22 nitrogen and oxygen atoms in total. The minimum absolute atomic E-state index is 0.0412. The SMILES string of the molecule is CC1=Cc2c(N3Cc4c(ncnc4C4CCN(S(C)(=O)=O)CC4)C[C@H]3C)ccnc2C1.C[C@@H]1Cc2ncnc(C3CCN(S(C)(=O)=O)CC3)c2CN1c1cc(C2CC2)nc2c1C=CC2.C[C@@H]1Cc2ncnc(C3CCN(S(C)(=O)=O)CC3)c2CN1c1cc(OCC(F)(F)F)nc2c1C=CC2. The van der Waals surface area contributed by atoms with Crippen molar-refractivity contribution in [3.05, 3.63) is 151 Å². The second-order valence-corrected chi connectivity index (χ2v) is 34.9. The standard InChI is InChI=1S/C25H31N5O2S.C24H28F3N5O3S.C23H29N5O2S/c1-16-12-23-20(25(27-15-26-23)18-8-10-29(11-9-18)33(2,31)32)14-30(16)24-13-22(17-6-7-17)28-21-5-3-4-19(21)24;1-15-10-20-18(23(29-14-28-20)16-6-8-31(9-7-16)36(2,33)34)12-32(15)21-11-22(35-13-24(25,26)27)30-19-5-3-4-17(19)21;1-15-10-18-20(11-15)24-7-4-22(18)28-13-19-21(12-16(28)2)25-14-26-23(19)17-5-8-27(9-6-17)31(3,29)30/h3-4,13,15-18H,5-12,14H2,1-2H3;3-4,11,14-16H,5-10,12-13H2,1-2H3;4,7,10,14,16-17H,5-6,8-9,11-13H2,1-3H3/t16-;15-;16-/m111/s1. The Morgan fingerprint density at radius 3 is 1.31 bits per heavy atom. The fraction of sp³-hybridized carbons (Fsp3) is 0.542. The molecule has 16 rings (SSSR count). The van der Waals surface area contributed by atoms with Crippen LogP contribution in [0.4, 0.5) is 30.2 Å². The molecule has 3 saturated heterocycles. The number of hydrogen-bond donors (Lipinski definition) is 0. The second-order valence-electron chi connectivity index (χ2n) is 28.9. The summed E-state index contributed by atoms with van der Waals surface area (Å²) in [6.45, 7) is 12.6. The first-order valence-corrected chi connectivity index (χ1v) is 40.6. The lowest BCUT2D eigenvalue weighted by Crippen LogP contribution is -2.41. The molecule has 0 aromatic carbocycles. The second kappa shape index (κ2) is 27.8. The topological polar surface area (TPSA) is 247 Å². The summed E-state index contributed by atoms with van der Waals surface area (Å²) in [6.07, 6.45) is 28.8. The summed E-state index contributed by atoms with van der Waals surface area (Å²) in [5.74, 6) is 1.25. The summed E-state index contributed by atoms with van der Waals surface area (Å²) < 4.78 is 120. The average Bonchev–Trinajstić information content (AvgIpc) is 1.16. The van der Waals surface area contributed by atoms with Crippen molar-refractivity contribution in [3.63, 3.8) is 0 Å². The van der Waals surface area contributed by atoms with Crippen molar-refractivity contribution in [1.82, 2.24) is 57.8 Å². The third-order valence-electron chi connectivity index (χ3n) is 21.8. The van der Waals surface area contributed by atoms with E-state index in [9.17, 15) is 38.4 Å². The molecule has 28 heteroatoms. The third kappa shape index (κ3) is 14.8. The van der Waals surface area contributed by atoms with E-state index >= 15 is 0 Å². The molecule has 1 saturated carbocycles. The molecule has 0 amide bonds. The van der Waals surface area contributed by atoms with Crippen LogP contribution in [-0.4, -0.2) is 172 Å². The summed E-state index contributed by atoms with van der Waals surface area (Å²) in [5.41, 5.74) is 22.3. The fourth-order valence-corrected chi connectivity index (χ4v) is 19.0. The monoisotopic (exact) mass is 1430 g/mol. The molecule has 6 aromatic heterocycles. The molecule has 0 radical (unpaired) electrons. The molecule has 3 atom stereocenters. The molecule has 6 aliphatic heterocycles. The van der Waals surface area contributed by atoms with Crippen LogP contribution in [0, 0.1) is 0 Å². The normalized spacial score (nSPS) is 22.2. The van der Waals surface area contributed by atoms with Gasteiger partial charge < -0.3 is 19.4 Å². The van der Waals surface area contributed by atoms with Gasteiger partial charge in [-0.1, -0.05) is 36.0 Å². The van der Waals surface area contributed by atoms with Crippen LogP contribution in [0.1, 0.15) is 193 Å². The van der Waals surface area contributed by atoms with E-state index in [0.29, 0.717) is 95.2 Å². The number of allylic oxidation sites excluding steroid dienone is 3. The highest BCUT2D eigenvalue weighted by Gasteiger charge is 2.39. The predicted molar refractivity (Wildman–Crippen MR) is 378 cm³/mol. The van der Waals surface area contributed by atoms with Gasteiger partial charge in [-0.25, -0.2) is 73.1 Å². The van der Waals surface area contributed by atoms with E-state index in [-0.39, 0.29) is 29.7 Å². The number of piperidine rings is 3. The summed E-state index contributed by atoms with van der Waals surface area (Å²) in [7, 11) is -9.49. The van der Waals surface area contributed by atoms with E-state index < -0.39 is 42.9 Å². The van der Waals surface area contributed by atoms with E-state index in [1.807, 2.05) is 18.3 Å². The number of hydrogen-bond acceptors (Lipinski definition) is 19. The molecule has 0 unspecified atom stereocenters. The van der Waals surface area contributed by atoms with Gasteiger partial charge in [0.2, 0.25) is 35.9 Å². The van der Waals surface area contributed by atoms with Gasteiger partial charge in [0.05, 0.1) is 75.7 Å². The van der Waals surface area contributed by atoms with Gasteiger partial charge in [-0.15, -0.1) is 0 Å². The highest BCUT2D eigenvalue weighted by molar-refractivity contribution is 7.88. The molecule has 0 N–H and O–H groups in total. The Labute approximate surface area is 584 Å². The van der Waals surface area contributed by atoms with Crippen LogP contribution < -0.4 is 19.4 Å². The van der Waals surface area contributed by atoms with Crippen LogP contribution in [0.15, 0.2) is 61.1 Å². The lowest BCUT2D eigenvalue weighted by atomic mass is 9.87. The van der Waals surface area contributed by atoms with E-state index in [4.69, 9.17) is 19.7 Å². The number of pyridine rings is 3. The van der Waals surface area contributed by atoms with Gasteiger partial charge in [-0.2, -0.15) is 13.2 Å². The van der Waals surface area contributed by atoms with Crippen LogP contribution in [0.5, 0.6) is 5.88 Å². The number of aromatic nitrogens is 9. The van der Waals surface area contributed by atoms with Gasteiger partial charge >= 0.3 is 6.18 Å². The summed E-state index contributed by atoms with van der Waals surface area (Å²) in [5, 5.41) is 0. The summed E-state index contributed by atoms with van der Waals surface area (Å²) in [4.78, 5) is 49.0. The molecular formula is C72H88F3N15O7S3. The first kappa shape index (κ1) is 69.7. The van der Waals surface area contributed by atoms with Gasteiger partial charge in [-0.3, -0.25) is 9.97 Å². The maximum absolute atomic E-state index is 12.8. The molecule has 4 fully saturated rings. The van der Waals surface area contributed by atoms with Gasteiger partial charge in [0.25, 0.3) is 0 Å². The minimum Gasteiger partial charge on any atom is -0.468 e. The fourth-order valence-electron chi connectivity index (χ4n) is 16.3. The van der Waals surface area contributed by atoms with Crippen molar-refractivity contribution >= 4 is 65.4 Å². The average molecular weight is 1430 g/mol. The number of anilines is 3. The third-order valence-corrected chi connectivity index (χ3v) is 25.7. The number of nitrogens with zero attached hydrogens (tertiary/aromatic N) is 15. The van der Waals surface area contributed by atoms with Crippen LogP contribution in [-0.2, 0) is 88.2 Å². The van der Waals surface area contributed by atoms with E-state index in [0.717, 1.165) is 121 Å². The molecule has 6 aromatic rings. The molecule has 0 spiro atoms. The number of sulfonamides is 3. The Kier molecular flexibility index (Phi) is 19.4. The highest BCUT2D eigenvalue weighted by Crippen LogP contribution is 2.46. The Hall–Kier alpha value is -7.37. The Balaban J connectivity index is 0.000000128. The first-order valence-electron chi connectivity index (χ1n) is 35.1. The van der Waals surface area contributed by atoms with Gasteiger partial charge in [0, 0.05) is 202 Å². The molecule has 532 valence electrons. The maximum Gasteiger partial charge on any atom is 0.422 e. The number of fused-ring (bicyclic) bond motifs is 6. The van der Waals surface area contributed by atoms with Gasteiger partial charge in [0.1, 0.15) is 19.0 Å². The lowest BCUT2D eigenvalue weighted by molar-refractivity contribution is -0.154. The number of alkyl halides is 3. The Bertz CT molecular complexity index is 4590. The van der Waals surface area contributed by atoms with Crippen molar-refractivity contribution in [3.8, 4) is 5.88 Å². The molecule has 100 heavy (non-hydrogen) atoms. The first-order chi connectivity index (χ1) is 47.7. The summed E-state index contributed by atoms with van der Waals surface area (Å²) in [6, 6.07) is 6.78. The van der Waals surface area contributed by atoms with Crippen LogP contribution in [0.25, 0.3) is 18.2 Å². The van der Waals surface area contributed by atoms with E-state index in [2.05, 4.69) is 103 Å². The summed E-state index contributed by atoms with van der Waals surface area (Å²) >= 11 is 0. The van der Waals surface area contributed by atoms with Crippen molar-refractivity contribution in [1.29, 1.82) is 0 Å². The molecule has 12 heterocycles. The maximum atomic E-state index is 12.8. The number of ether oxygens (including phenoxy) is 1. The van der Waals surface area contributed by atoms with Gasteiger partial charge in [-0.05, 0) is 91.2 Å².